The predicted molar refractivity (Wildman–Crippen MR) is 122 cm³/mol. The van der Waals surface area contributed by atoms with Gasteiger partial charge in [-0.25, -0.2) is 18.1 Å². The largest absolute Gasteiger partial charge is 0.348 e. The number of nitrogens with zero attached hydrogens (tertiary/aromatic N) is 2. The van der Waals surface area contributed by atoms with E-state index in [0.29, 0.717) is 6.54 Å². The van der Waals surface area contributed by atoms with E-state index in [1.807, 2.05) is 65.4 Å². The second kappa shape index (κ2) is 9.59. The molecule has 0 spiro atoms. The fourth-order valence-electron chi connectivity index (χ4n) is 3.14. The second-order valence-electron chi connectivity index (χ2n) is 7.16. The van der Waals surface area contributed by atoms with Crippen molar-refractivity contribution in [2.75, 3.05) is 0 Å². The third kappa shape index (κ3) is 5.29. The number of amides is 1. The predicted octanol–water partition coefficient (Wildman–Crippen LogP) is 3.28. The summed E-state index contributed by atoms with van der Waals surface area (Å²) in [5.74, 6) is -0.344. The maximum Gasteiger partial charge on any atom is 0.251 e. The molecule has 0 saturated carbocycles. The van der Waals surface area contributed by atoms with Gasteiger partial charge in [-0.1, -0.05) is 48.5 Å². The van der Waals surface area contributed by atoms with Gasteiger partial charge in [0.2, 0.25) is 10.0 Å². The van der Waals surface area contributed by atoms with Crippen LogP contribution >= 0.6 is 0 Å². The summed E-state index contributed by atoms with van der Waals surface area (Å²) in [5.41, 5.74) is 3.03. The van der Waals surface area contributed by atoms with Crippen LogP contribution in [-0.4, -0.2) is 23.9 Å². The molecule has 0 radical (unpaired) electrons. The number of nitrogens with one attached hydrogen (secondary N) is 2. The van der Waals surface area contributed by atoms with Crippen LogP contribution in [0.3, 0.4) is 0 Å². The monoisotopic (exact) mass is 446 g/mol. The van der Waals surface area contributed by atoms with Crippen LogP contribution in [0.15, 0.2) is 102 Å². The molecular weight excluding hydrogens is 424 g/mol. The molecule has 0 aliphatic rings. The lowest BCUT2D eigenvalue weighted by molar-refractivity contribution is 0.0950. The van der Waals surface area contributed by atoms with Crippen molar-refractivity contribution in [3.8, 4) is 5.69 Å². The Bertz CT molecular complexity index is 1290. The van der Waals surface area contributed by atoms with E-state index in [-0.39, 0.29) is 22.9 Å². The van der Waals surface area contributed by atoms with Crippen molar-refractivity contribution >= 4 is 15.9 Å². The lowest BCUT2D eigenvalue weighted by Gasteiger charge is -2.10. The first-order chi connectivity index (χ1) is 15.5. The maximum absolute atomic E-state index is 12.6. The Kier molecular flexibility index (Phi) is 6.44. The molecule has 0 saturated heterocycles. The number of carbonyl (C=O) groups is 1. The maximum atomic E-state index is 12.6. The molecule has 32 heavy (non-hydrogen) atoms. The Hall–Kier alpha value is -3.75. The first kappa shape index (κ1) is 21.5. The van der Waals surface area contributed by atoms with Gasteiger partial charge in [-0.2, -0.15) is 0 Å². The molecule has 0 aliphatic carbocycles. The van der Waals surface area contributed by atoms with Gasteiger partial charge in [-0.05, 0) is 41.5 Å². The van der Waals surface area contributed by atoms with Crippen molar-refractivity contribution in [2.24, 2.45) is 0 Å². The van der Waals surface area contributed by atoms with Crippen LogP contribution in [0.2, 0.25) is 0 Å². The van der Waals surface area contributed by atoms with Crippen LogP contribution in [0.25, 0.3) is 5.69 Å². The Balaban J connectivity index is 1.38. The molecule has 0 aliphatic heterocycles. The van der Waals surface area contributed by atoms with E-state index in [4.69, 9.17) is 0 Å². The lowest BCUT2D eigenvalue weighted by Crippen LogP contribution is -2.25. The third-order valence-corrected chi connectivity index (χ3v) is 6.31. The SMILES string of the molecule is O=C(NCc1ccc(-n2ccnc2)cc1)c1cccc(S(=O)(=O)NCc2ccccc2)c1. The van der Waals surface area contributed by atoms with Crippen molar-refractivity contribution in [1.29, 1.82) is 0 Å². The van der Waals surface area contributed by atoms with Crippen molar-refractivity contribution in [1.82, 2.24) is 19.6 Å². The molecule has 0 fully saturated rings. The number of hydrogen-bond acceptors (Lipinski definition) is 4. The first-order valence-electron chi connectivity index (χ1n) is 10.0. The van der Waals surface area contributed by atoms with Gasteiger partial charge in [0.25, 0.3) is 5.91 Å². The molecule has 1 amide bonds. The third-order valence-electron chi connectivity index (χ3n) is 4.91. The summed E-state index contributed by atoms with van der Waals surface area (Å²) in [7, 11) is -3.75. The highest BCUT2D eigenvalue weighted by atomic mass is 32.2. The zero-order chi connectivity index (χ0) is 22.4. The molecule has 8 heteroatoms. The number of benzene rings is 3. The quantitative estimate of drug-likeness (QED) is 0.434. The van der Waals surface area contributed by atoms with Crippen LogP contribution in [-0.2, 0) is 23.1 Å². The topological polar surface area (TPSA) is 93.1 Å². The van der Waals surface area contributed by atoms with Crippen LogP contribution < -0.4 is 10.0 Å². The van der Waals surface area contributed by atoms with Gasteiger partial charge >= 0.3 is 0 Å². The zero-order valence-electron chi connectivity index (χ0n) is 17.2. The Labute approximate surface area is 186 Å². The number of carbonyl (C=O) groups excluding carboxylic acids is 1. The first-order valence-corrected chi connectivity index (χ1v) is 11.5. The number of imidazole rings is 1. The standard InChI is InChI=1S/C24H22N4O3S/c29-24(26-16-20-9-11-22(12-10-20)28-14-13-25-18-28)21-7-4-8-23(15-21)32(30,31)27-17-19-5-2-1-3-6-19/h1-15,18,27H,16-17H2,(H,26,29). The molecule has 1 aromatic heterocycles. The highest BCUT2D eigenvalue weighted by Gasteiger charge is 2.16. The molecule has 0 unspecified atom stereocenters. The molecule has 2 N–H and O–H groups in total. The average molecular weight is 447 g/mol. The normalized spacial score (nSPS) is 11.2. The van der Waals surface area contributed by atoms with E-state index < -0.39 is 10.0 Å². The molecule has 162 valence electrons. The van der Waals surface area contributed by atoms with Crippen molar-refractivity contribution in [2.45, 2.75) is 18.0 Å². The Morgan fingerprint density at radius 2 is 1.62 bits per heavy atom. The molecule has 3 aromatic carbocycles. The summed E-state index contributed by atoms with van der Waals surface area (Å²) in [6, 6.07) is 23.0. The van der Waals surface area contributed by atoms with Crippen molar-refractivity contribution < 1.29 is 13.2 Å². The van der Waals surface area contributed by atoms with Gasteiger partial charge in [0.1, 0.15) is 0 Å². The van der Waals surface area contributed by atoms with E-state index in [0.717, 1.165) is 16.8 Å². The molecule has 7 nitrogen and oxygen atoms in total. The van der Waals surface area contributed by atoms with E-state index in [1.54, 1.807) is 24.7 Å². The summed E-state index contributed by atoms with van der Waals surface area (Å²) < 4.78 is 29.7. The molecule has 0 atom stereocenters. The minimum atomic E-state index is -3.75. The minimum Gasteiger partial charge on any atom is -0.348 e. The number of rotatable bonds is 8. The number of sulfonamides is 1. The molecular formula is C24H22N4O3S. The lowest BCUT2D eigenvalue weighted by atomic mass is 10.2. The molecule has 4 aromatic rings. The molecule has 0 bridgehead atoms. The van der Waals surface area contributed by atoms with E-state index in [1.165, 1.54) is 12.1 Å². The highest BCUT2D eigenvalue weighted by Crippen LogP contribution is 2.13. The van der Waals surface area contributed by atoms with Gasteiger partial charge in [-0.15, -0.1) is 0 Å². The smallest absolute Gasteiger partial charge is 0.251 e. The van der Waals surface area contributed by atoms with E-state index >= 15 is 0 Å². The van der Waals surface area contributed by atoms with Crippen molar-refractivity contribution in [3.63, 3.8) is 0 Å². The van der Waals surface area contributed by atoms with E-state index in [2.05, 4.69) is 15.0 Å². The fraction of sp³-hybridized carbons (Fsp3) is 0.0833. The highest BCUT2D eigenvalue weighted by molar-refractivity contribution is 7.89. The minimum absolute atomic E-state index is 0.0470. The van der Waals surface area contributed by atoms with Gasteiger partial charge in [0.15, 0.2) is 0 Å². The summed E-state index contributed by atoms with van der Waals surface area (Å²) in [6.45, 7) is 0.501. The number of hydrogen-bond donors (Lipinski definition) is 2. The molecule has 1 heterocycles. The van der Waals surface area contributed by atoms with Crippen LogP contribution in [0.5, 0.6) is 0 Å². The second-order valence-corrected chi connectivity index (χ2v) is 8.92. The van der Waals surface area contributed by atoms with Crippen LogP contribution in [0.4, 0.5) is 0 Å². The van der Waals surface area contributed by atoms with Crippen LogP contribution in [0, 0.1) is 0 Å². The summed E-state index contributed by atoms with van der Waals surface area (Å²) >= 11 is 0. The fourth-order valence-corrected chi connectivity index (χ4v) is 4.21. The van der Waals surface area contributed by atoms with Gasteiger partial charge in [0.05, 0.1) is 11.2 Å². The Morgan fingerprint density at radius 1 is 0.875 bits per heavy atom. The zero-order valence-corrected chi connectivity index (χ0v) is 18.0. The van der Waals surface area contributed by atoms with Gasteiger partial charge in [0, 0.05) is 36.7 Å². The van der Waals surface area contributed by atoms with Gasteiger partial charge in [-0.3, -0.25) is 4.79 Å². The van der Waals surface area contributed by atoms with Crippen molar-refractivity contribution in [3.05, 3.63) is 114 Å². The average Bonchev–Trinajstić information content (AvgIpc) is 3.37. The van der Waals surface area contributed by atoms with Crippen LogP contribution in [0.1, 0.15) is 21.5 Å². The summed E-state index contributed by atoms with van der Waals surface area (Å²) in [5, 5.41) is 2.83. The number of aromatic nitrogens is 2. The summed E-state index contributed by atoms with van der Waals surface area (Å²) in [6.07, 6.45) is 5.28. The summed E-state index contributed by atoms with van der Waals surface area (Å²) in [4.78, 5) is 16.7. The Morgan fingerprint density at radius 3 is 2.34 bits per heavy atom. The van der Waals surface area contributed by atoms with E-state index in [9.17, 15) is 13.2 Å². The molecule has 4 rings (SSSR count). The van der Waals surface area contributed by atoms with Gasteiger partial charge < -0.3 is 9.88 Å².